The van der Waals surface area contributed by atoms with Gasteiger partial charge in [-0.2, -0.15) is 0 Å². The Kier molecular flexibility index (Phi) is 6.83. The van der Waals surface area contributed by atoms with Crippen molar-refractivity contribution in [3.63, 3.8) is 0 Å². The number of carbonyl (C=O) groups excluding carboxylic acids is 1. The first-order valence-corrected chi connectivity index (χ1v) is 12.2. The lowest BCUT2D eigenvalue weighted by Gasteiger charge is -2.44. The maximum absolute atomic E-state index is 12.7. The average molecular weight is 451 g/mol. The number of fused-ring (bicyclic) bond motifs is 4. The minimum absolute atomic E-state index is 0.0212. The summed E-state index contributed by atoms with van der Waals surface area (Å²) in [5.41, 5.74) is 4.88. The Hall–Kier alpha value is -2.57. The molecule has 2 bridgehead atoms. The molecule has 3 heterocycles. The van der Waals surface area contributed by atoms with Gasteiger partial charge in [-0.15, -0.1) is 0 Å². The number of ether oxygens (including phenoxy) is 3. The molecule has 2 aromatic carbocycles. The number of hydrogen-bond acceptors (Lipinski definition) is 5. The maximum atomic E-state index is 12.7. The topological polar surface area (TPSA) is 60.0 Å². The van der Waals surface area contributed by atoms with Gasteiger partial charge in [0.2, 0.25) is 0 Å². The van der Waals surface area contributed by atoms with Crippen LogP contribution in [0.2, 0.25) is 0 Å². The highest BCUT2D eigenvalue weighted by atomic mass is 16.6. The molecule has 1 N–H and O–H groups in total. The molecule has 0 spiro atoms. The normalized spacial score (nSPS) is 25.8. The molecule has 6 heteroatoms. The molecule has 0 radical (unpaired) electrons. The van der Waals surface area contributed by atoms with Gasteiger partial charge in [-0.25, -0.2) is 4.79 Å². The van der Waals surface area contributed by atoms with Gasteiger partial charge in [-0.05, 0) is 85.5 Å². The fraction of sp³-hybridized carbons (Fsp3) is 0.519. The van der Waals surface area contributed by atoms with Crippen LogP contribution in [0.15, 0.2) is 42.5 Å². The van der Waals surface area contributed by atoms with Crippen LogP contribution in [-0.4, -0.2) is 57.1 Å². The Morgan fingerprint density at radius 2 is 1.82 bits per heavy atom. The minimum Gasteiger partial charge on any atom is -0.491 e. The third kappa shape index (κ3) is 5.17. The van der Waals surface area contributed by atoms with E-state index >= 15 is 0 Å². The number of nitrogens with one attached hydrogen (secondary N) is 1. The summed E-state index contributed by atoms with van der Waals surface area (Å²) in [6, 6.07) is 14.8. The van der Waals surface area contributed by atoms with Crippen molar-refractivity contribution >= 4 is 6.09 Å². The van der Waals surface area contributed by atoms with Gasteiger partial charge in [0.1, 0.15) is 18.5 Å². The maximum Gasteiger partial charge on any atom is 0.407 e. The first-order valence-electron chi connectivity index (χ1n) is 12.2. The standard InChI is InChI=1S/C27H34N2O4/c1-31-15-16-32-23-8-5-19(6-9-23)21-7-10-24-22(17-21)3-2-4-25(24)28-27(30)33-26-18-29-13-11-20(26)12-14-29/h5-10,17,20,25-26H,2-4,11-16,18H2,1H3,(H,28,30)/t25?,26-/m1/s1. The van der Waals surface area contributed by atoms with Crippen molar-refractivity contribution in [2.45, 2.75) is 44.2 Å². The molecule has 0 saturated carbocycles. The first-order chi connectivity index (χ1) is 16.2. The smallest absolute Gasteiger partial charge is 0.407 e. The van der Waals surface area contributed by atoms with Gasteiger partial charge in [0, 0.05) is 13.7 Å². The number of benzene rings is 2. The Bertz CT molecular complexity index is 953. The van der Waals surface area contributed by atoms with Crippen molar-refractivity contribution < 1.29 is 19.0 Å². The van der Waals surface area contributed by atoms with E-state index in [9.17, 15) is 4.79 Å². The summed E-state index contributed by atoms with van der Waals surface area (Å²) in [7, 11) is 1.67. The van der Waals surface area contributed by atoms with E-state index in [1.807, 2.05) is 12.1 Å². The molecule has 1 amide bonds. The average Bonchev–Trinajstić information content (AvgIpc) is 2.85. The number of amides is 1. The zero-order valence-electron chi connectivity index (χ0n) is 19.4. The predicted molar refractivity (Wildman–Crippen MR) is 127 cm³/mol. The van der Waals surface area contributed by atoms with Crippen LogP contribution >= 0.6 is 0 Å². The van der Waals surface area contributed by atoms with Gasteiger partial charge in [-0.1, -0.05) is 30.3 Å². The van der Waals surface area contributed by atoms with Gasteiger partial charge in [0.05, 0.1) is 12.6 Å². The van der Waals surface area contributed by atoms with Crippen molar-refractivity contribution in [3.05, 3.63) is 53.6 Å². The summed E-state index contributed by atoms with van der Waals surface area (Å²) in [5, 5.41) is 3.17. The Morgan fingerprint density at radius 1 is 1.03 bits per heavy atom. The van der Waals surface area contributed by atoms with Crippen molar-refractivity contribution in [2.75, 3.05) is 40.0 Å². The van der Waals surface area contributed by atoms with Gasteiger partial charge < -0.3 is 19.5 Å². The van der Waals surface area contributed by atoms with Gasteiger partial charge in [0.25, 0.3) is 0 Å². The second-order valence-corrected chi connectivity index (χ2v) is 9.45. The molecule has 1 unspecified atom stereocenters. The van der Waals surface area contributed by atoms with E-state index in [0.29, 0.717) is 19.1 Å². The van der Waals surface area contributed by atoms with Gasteiger partial charge in [0.15, 0.2) is 0 Å². The van der Waals surface area contributed by atoms with Gasteiger partial charge in [-0.3, -0.25) is 4.90 Å². The second kappa shape index (κ2) is 10.1. The van der Waals surface area contributed by atoms with Crippen molar-refractivity contribution in [1.82, 2.24) is 10.2 Å². The first kappa shape index (κ1) is 22.2. The SMILES string of the molecule is COCCOc1ccc(-c2ccc3c(c2)CCCC3NC(=O)O[C@@H]2CN3CCC2CC3)cc1. The molecule has 4 aliphatic rings. The fourth-order valence-corrected chi connectivity index (χ4v) is 5.49. The van der Waals surface area contributed by atoms with Crippen LogP contribution < -0.4 is 10.1 Å². The molecule has 2 aromatic rings. The van der Waals surface area contributed by atoms with E-state index in [4.69, 9.17) is 14.2 Å². The number of rotatable bonds is 7. The van der Waals surface area contributed by atoms with E-state index in [2.05, 4.69) is 40.5 Å². The molecule has 3 fully saturated rings. The Labute approximate surface area is 196 Å². The summed E-state index contributed by atoms with van der Waals surface area (Å²) >= 11 is 0. The molecular weight excluding hydrogens is 416 g/mol. The van der Waals surface area contributed by atoms with Crippen LogP contribution in [-0.2, 0) is 15.9 Å². The number of methoxy groups -OCH3 is 1. The molecule has 6 nitrogen and oxygen atoms in total. The molecule has 3 aliphatic heterocycles. The van der Waals surface area contributed by atoms with E-state index in [1.165, 1.54) is 16.7 Å². The molecule has 1 aliphatic carbocycles. The van der Waals surface area contributed by atoms with Crippen molar-refractivity contribution in [1.29, 1.82) is 0 Å². The lowest BCUT2D eigenvalue weighted by molar-refractivity contribution is -0.0340. The highest BCUT2D eigenvalue weighted by Gasteiger charge is 2.37. The molecule has 176 valence electrons. The largest absolute Gasteiger partial charge is 0.491 e. The minimum atomic E-state index is -0.264. The van der Waals surface area contributed by atoms with Gasteiger partial charge >= 0.3 is 6.09 Å². The number of hydrogen-bond donors (Lipinski definition) is 1. The quantitative estimate of drug-likeness (QED) is 0.626. The van der Waals surface area contributed by atoms with Crippen LogP contribution in [0.1, 0.15) is 42.9 Å². The highest BCUT2D eigenvalue weighted by molar-refractivity contribution is 5.69. The zero-order chi connectivity index (χ0) is 22.6. The number of alkyl carbamates (subject to hydrolysis) is 1. The predicted octanol–water partition coefficient (Wildman–Crippen LogP) is 4.58. The Balaban J connectivity index is 1.22. The zero-order valence-corrected chi connectivity index (χ0v) is 19.4. The summed E-state index contributed by atoms with van der Waals surface area (Å²) in [6.45, 7) is 4.31. The molecule has 6 rings (SSSR count). The molecular formula is C27H34N2O4. The third-order valence-electron chi connectivity index (χ3n) is 7.35. The monoisotopic (exact) mass is 450 g/mol. The molecule has 33 heavy (non-hydrogen) atoms. The van der Waals surface area contributed by atoms with Crippen molar-refractivity contribution in [2.24, 2.45) is 5.92 Å². The number of piperidine rings is 3. The lowest BCUT2D eigenvalue weighted by atomic mass is 9.85. The van der Waals surface area contributed by atoms with Crippen LogP contribution in [0.4, 0.5) is 4.79 Å². The lowest BCUT2D eigenvalue weighted by Crippen LogP contribution is -2.52. The second-order valence-electron chi connectivity index (χ2n) is 9.45. The number of carbonyl (C=O) groups is 1. The number of aryl methyl sites for hydroxylation is 1. The van der Waals surface area contributed by atoms with Crippen LogP contribution in [0, 0.1) is 5.92 Å². The van der Waals surface area contributed by atoms with Crippen LogP contribution in [0.3, 0.4) is 0 Å². The molecule has 3 saturated heterocycles. The van der Waals surface area contributed by atoms with Crippen LogP contribution in [0.25, 0.3) is 11.1 Å². The van der Waals surface area contributed by atoms with E-state index in [1.54, 1.807) is 7.11 Å². The van der Waals surface area contributed by atoms with E-state index < -0.39 is 0 Å². The Morgan fingerprint density at radius 3 is 2.55 bits per heavy atom. The van der Waals surface area contributed by atoms with Crippen LogP contribution in [0.5, 0.6) is 5.75 Å². The van der Waals surface area contributed by atoms with E-state index in [0.717, 1.165) is 63.1 Å². The third-order valence-corrected chi connectivity index (χ3v) is 7.35. The fourth-order valence-electron chi connectivity index (χ4n) is 5.49. The highest BCUT2D eigenvalue weighted by Crippen LogP contribution is 2.34. The summed E-state index contributed by atoms with van der Waals surface area (Å²) < 4.78 is 16.6. The molecule has 2 atom stereocenters. The van der Waals surface area contributed by atoms with E-state index in [-0.39, 0.29) is 18.2 Å². The number of nitrogens with zero attached hydrogens (tertiary/aromatic N) is 1. The summed E-state index contributed by atoms with van der Waals surface area (Å²) in [6.07, 6.45) is 5.12. The summed E-state index contributed by atoms with van der Waals surface area (Å²) in [4.78, 5) is 15.1. The molecule has 0 aromatic heterocycles. The van der Waals surface area contributed by atoms with Crippen molar-refractivity contribution in [3.8, 4) is 16.9 Å². The summed E-state index contributed by atoms with van der Waals surface area (Å²) in [5.74, 6) is 1.37.